The summed E-state index contributed by atoms with van der Waals surface area (Å²) < 4.78 is 39.3. The van der Waals surface area contributed by atoms with Crippen molar-refractivity contribution >= 4 is 28.9 Å². The molecule has 2 N–H and O–H groups in total. The second-order valence-corrected chi connectivity index (χ2v) is 7.94. The summed E-state index contributed by atoms with van der Waals surface area (Å²) in [5, 5.41) is 0.289. The first-order chi connectivity index (χ1) is 16.1. The van der Waals surface area contributed by atoms with Crippen molar-refractivity contribution in [3.05, 3.63) is 76.5 Å². The molecule has 2 aromatic carbocycles. The molecule has 0 aromatic heterocycles. The fourth-order valence-corrected chi connectivity index (χ4v) is 3.43. The lowest BCUT2D eigenvalue weighted by Crippen LogP contribution is -2.38. The molecule has 0 saturated heterocycles. The van der Waals surface area contributed by atoms with E-state index >= 15 is 0 Å². The molecule has 9 heteroatoms. The Morgan fingerprint density at radius 2 is 1.56 bits per heavy atom. The molecule has 0 fully saturated rings. The van der Waals surface area contributed by atoms with Crippen LogP contribution in [0.2, 0.25) is 5.02 Å². The first kappa shape index (κ1) is 27.4. The number of hydrogen-bond donors (Lipinski definition) is 1. The normalized spacial score (nSPS) is 12.8. The van der Waals surface area contributed by atoms with Crippen LogP contribution in [-0.2, 0) is 0 Å². The van der Waals surface area contributed by atoms with Crippen LogP contribution < -0.4 is 5.73 Å². The average molecular weight is 495 g/mol. The van der Waals surface area contributed by atoms with Crippen molar-refractivity contribution in [1.82, 2.24) is 9.80 Å². The van der Waals surface area contributed by atoms with Gasteiger partial charge in [0, 0.05) is 30.8 Å². The quantitative estimate of drug-likeness (QED) is 0.433. The Hall–Kier alpha value is -2.84. The van der Waals surface area contributed by atoms with Crippen LogP contribution in [0, 0.1) is 0 Å². The molecule has 0 atom stereocenters. The van der Waals surface area contributed by atoms with Crippen molar-refractivity contribution in [1.29, 1.82) is 0 Å². The Morgan fingerprint density at radius 3 is 2.09 bits per heavy atom. The van der Waals surface area contributed by atoms with Crippen LogP contribution >= 0.6 is 11.6 Å². The van der Waals surface area contributed by atoms with E-state index in [0.717, 1.165) is 25.7 Å². The number of benzene rings is 2. The predicted molar refractivity (Wildman–Crippen MR) is 132 cm³/mol. The van der Waals surface area contributed by atoms with E-state index in [-0.39, 0.29) is 16.6 Å². The highest BCUT2D eigenvalue weighted by Gasteiger charge is 2.31. The van der Waals surface area contributed by atoms with Crippen LogP contribution in [-0.4, -0.2) is 60.3 Å². The van der Waals surface area contributed by atoms with Gasteiger partial charge in [0.25, 0.3) is 5.91 Å². The number of alkyl halides is 3. The molecule has 0 saturated carbocycles. The Bertz CT molecular complexity index is 1020. The van der Waals surface area contributed by atoms with Crippen LogP contribution in [0.15, 0.2) is 65.3 Å². The first-order valence-electron chi connectivity index (χ1n) is 11.1. The van der Waals surface area contributed by atoms with Gasteiger partial charge in [-0.2, -0.15) is 13.2 Å². The molecule has 0 unspecified atom stereocenters. The molecular formula is C25H30ClF3N4O. The molecule has 0 radical (unpaired) electrons. The Labute approximate surface area is 203 Å². The summed E-state index contributed by atoms with van der Waals surface area (Å²) in [4.78, 5) is 21.2. The van der Waals surface area contributed by atoms with Crippen LogP contribution in [0.5, 0.6) is 0 Å². The standard InChI is InChI=1S/C25H30ClF3N4O/c1-4-32(5-2)15-16-33(6-3)24(34)19-13-11-18(12-14-19)22(17-23(30)25(27,28)29)31-21-10-8-7-9-20(21)26/h7-14,17H,4-6,15-16,30H2,1-3H3/b23-17-,31-22?. The van der Waals surface area contributed by atoms with Gasteiger partial charge >= 0.3 is 6.18 Å². The first-order valence-corrected chi connectivity index (χ1v) is 11.5. The number of rotatable bonds is 10. The fourth-order valence-electron chi connectivity index (χ4n) is 3.25. The molecule has 184 valence electrons. The third-order valence-electron chi connectivity index (χ3n) is 5.39. The molecule has 2 rings (SSSR count). The SMILES string of the molecule is CCN(CC)CCN(CC)C(=O)c1ccc(C(/C=C(\N)C(F)(F)F)=Nc2ccccc2Cl)cc1. The predicted octanol–water partition coefficient (Wildman–Crippen LogP) is 5.67. The minimum atomic E-state index is -4.70. The second-order valence-electron chi connectivity index (χ2n) is 7.53. The van der Waals surface area contributed by atoms with Gasteiger partial charge in [0.05, 0.1) is 16.4 Å². The van der Waals surface area contributed by atoms with Gasteiger partial charge in [-0.15, -0.1) is 0 Å². The van der Waals surface area contributed by atoms with Gasteiger partial charge in [-0.25, -0.2) is 4.99 Å². The van der Waals surface area contributed by atoms with Crippen molar-refractivity contribution < 1.29 is 18.0 Å². The van der Waals surface area contributed by atoms with E-state index in [1.807, 2.05) is 6.92 Å². The summed E-state index contributed by atoms with van der Waals surface area (Å²) in [6.45, 7) is 9.76. The highest BCUT2D eigenvalue weighted by Crippen LogP contribution is 2.27. The second kappa shape index (κ2) is 12.6. The zero-order valence-corrected chi connectivity index (χ0v) is 20.3. The van der Waals surface area contributed by atoms with Gasteiger partial charge in [-0.05, 0) is 50.4 Å². The van der Waals surface area contributed by atoms with Crippen molar-refractivity contribution in [3.8, 4) is 0 Å². The molecule has 1 amide bonds. The maximum atomic E-state index is 13.1. The van der Waals surface area contributed by atoms with Gasteiger partial charge in [0.15, 0.2) is 0 Å². The third-order valence-corrected chi connectivity index (χ3v) is 5.71. The molecule has 0 aliphatic carbocycles. The largest absolute Gasteiger partial charge is 0.430 e. The lowest BCUT2D eigenvalue weighted by Gasteiger charge is -2.25. The monoisotopic (exact) mass is 494 g/mol. The zero-order valence-electron chi connectivity index (χ0n) is 19.6. The third kappa shape index (κ3) is 7.60. The number of hydrogen-bond acceptors (Lipinski definition) is 4. The average Bonchev–Trinajstić information content (AvgIpc) is 2.82. The number of aliphatic imine (C=N–C) groups is 1. The van der Waals surface area contributed by atoms with Crippen LogP contribution in [0.3, 0.4) is 0 Å². The topological polar surface area (TPSA) is 61.9 Å². The highest BCUT2D eigenvalue weighted by molar-refractivity contribution is 6.33. The Morgan fingerprint density at radius 1 is 0.971 bits per heavy atom. The molecule has 0 aliphatic heterocycles. The molecular weight excluding hydrogens is 465 g/mol. The molecule has 0 heterocycles. The van der Waals surface area contributed by atoms with E-state index in [9.17, 15) is 18.0 Å². The molecule has 0 spiro atoms. The number of para-hydroxylation sites is 1. The molecule has 2 aromatic rings. The molecule has 0 aliphatic rings. The van der Waals surface area contributed by atoms with Crippen molar-refractivity contribution in [2.75, 3.05) is 32.7 Å². The van der Waals surface area contributed by atoms with Gasteiger partial charge in [0.2, 0.25) is 0 Å². The zero-order chi connectivity index (χ0) is 25.3. The van der Waals surface area contributed by atoms with Crippen molar-refractivity contribution in [3.63, 3.8) is 0 Å². The smallest absolute Gasteiger partial charge is 0.395 e. The number of carbonyl (C=O) groups is 1. The maximum absolute atomic E-state index is 13.1. The Kier molecular flexibility index (Phi) is 10.1. The van der Waals surface area contributed by atoms with E-state index in [4.69, 9.17) is 17.3 Å². The van der Waals surface area contributed by atoms with E-state index in [2.05, 4.69) is 23.7 Å². The number of halogens is 4. The van der Waals surface area contributed by atoms with E-state index < -0.39 is 11.9 Å². The number of carbonyl (C=O) groups excluding carboxylic acids is 1. The maximum Gasteiger partial charge on any atom is 0.430 e. The molecule has 5 nitrogen and oxygen atoms in total. The lowest BCUT2D eigenvalue weighted by atomic mass is 10.1. The van der Waals surface area contributed by atoms with Gasteiger partial charge in [-0.1, -0.05) is 49.7 Å². The number of allylic oxidation sites excluding steroid dienone is 2. The summed E-state index contributed by atoms with van der Waals surface area (Å²) >= 11 is 6.14. The fraction of sp³-hybridized carbons (Fsp3) is 0.360. The number of nitrogens with two attached hydrogens (primary N) is 1. The van der Waals surface area contributed by atoms with Crippen molar-refractivity contribution in [2.45, 2.75) is 26.9 Å². The van der Waals surface area contributed by atoms with E-state index in [0.29, 0.717) is 29.9 Å². The summed E-state index contributed by atoms with van der Waals surface area (Å²) in [5.74, 6) is -0.142. The van der Waals surface area contributed by atoms with Gasteiger partial charge in [0.1, 0.15) is 5.70 Å². The number of nitrogens with zero attached hydrogens (tertiary/aromatic N) is 3. The highest BCUT2D eigenvalue weighted by atomic mass is 35.5. The van der Waals surface area contributed by atoms with Crippen LogP contribution in [0.1, 0.15) is 36.7 Å². The minimum absolute atomic E-state index is 0.0178. The van der Waals surface area contributed by atoms with Gasteiger partial charge in [-0.3, -0.25) is 4.79 Å². The summed E-state index contributed by atoms with van der Waals surface area (Å²) in [6, 6.07) is 12.8. The minimum Gasteiger partial charge on any atom is -0.395 e. The lowest BCUT2D eigenvalue weighted by molar-refractivity contribution is -0.0925. The van der Waals surface area contributed by atoms with Crippen LogP contribution in [0.25, 0.3) is 0 Å². The van der Waals surface area contributed by atoms with Crippen molar-refractivity contribution in [2.24, 2.45) is 10.7 Å². The number of amides is 1. The number of likely N-dealkylation sites (N-methyl/N-ethyl adjacent to an activating group) is 2. The van der Waals surface area contributed by atoms with Gasteiger partial charge < -0.3 is 15.5 Å². The molecule has 34 heavy (non-hydrogen) atoms. The summed E-state index contributed by atoms with van der Waals surface area (Å²) in [7, 11) is 0. The summed E-state index contributed by atoms with van der Waals surface area (Å²) in [6.07, 6.45) is -3.94. The Balaban J connectivity index is 2.36. The van der Waals surface area contributed by atoms with Crippen LogP contribution in [0.4, 0.5) is 18.9 Å². The molecule has 0 bridgehead atoms. The van der Waals surface area contributed by atoms with E-state index in [1.54, 1.807) is 53.4 Å². The summed E-state index contributed by atoms with van der Waals surface area (Å²) in [5.41, 5.74) is 5.07. The van der Waals surface area contributed by atoms with E-state index in [1.165, 1.54) is 0 Å².